The summed E-state index contributed by atoms with van der Waals surface area (Å²) in [5, 5.41) is 15.9. The summed E-state index contributed by atoms with van der Waals surface area (Å²) in [6, 6.07) is 7.62. The Morgan fingerprint density at radius 2 is 2.00 bits per heavy atom. The van der Waals surface area contributed by atoms with Gasteiger partial charge >= 0.3 is 0 Å². The molecule has 0 saturated carbocycles. The van der Waals surface area contributed by atoms with E-state index >= 15 is 0 Å². The van der Waals surface area contributed by atoms with Crippen LogP contribution in [0.4, 0.5) is 11.4 Å². The predicted octanol–water partition coefficient (Wildman–Crippen LogP) is 0.0134. The molecule has 76 valence electrons. The van der Waals surface area contributed by atoms with Crippen molar-refractivity contribution in [2.24, 2.45) is 0 Å². The first kappa shape index (κ1) is 9.30. The first-order valence-corrected chi connectivity index (χ1v) is 4.76. The van der Waals surface area contributed by atoms with Crippen molar-refractivity contribution >= 4 is 11.4 Å². The van der Waals surface area contributed by atoms with Crippen LogP contribution in [0.3, 0.4) is 0 Å². The molecule has 0 aliphatic carbocycles. The van der Waals surface area contributed by atoms with Gasteiger partial charge in [0.1, 0.15) is 0 Å². The summed E-state index contributed by atoms with van der Waals surface area (Å²) in [6.07, 6.45) is -0.312. The zero-order valence-corrected chi connectivity index (χ0v) is 7.90. The number of rotatable bonds is 2. The van der Waals surface area contributed by atoms with Crippen LogP contribution in [0.5, 0.6) is 0 Å². The van der Waals surface area contributed by atoms with Gasteiger partial charge in [-0.15, -0.1) is 0 Å². The minimum Gasteiger partial charge on any atom is -0.399 e. The highest BCUT2D eigenvalue weighted by atomic mass is 16.3. The molecule has 0 amide bonds. The van der Waals surface area contributed by atoms with Gasteiger partial charge in [-0.25, -0.2) is 0 Å². The Kier molecular flexibility index (Phi) is 2.56. The van der Waals surface area contributed by atoms with Gasteiger partial charge in [-0.2, -0.15) is 0 Å². The summed E-state index contributed by atoms with van der Waals surface area (Å²) in [7, 11) is 0. The van der Waals surface area contributed by atoms with Crippen molar-refractivity contribution in [2.45, 2.75) is 12.1 Å². The second-order valence-corrected chi connectivity index (χ2v) is 3.60. The maximum atomic E-state index is 9.56. The van der Waals surface area contributed by atoms with Crippen LogP contribution in [-0.2, 0) is 0 Å². The van der Waals surface area contributed by atoms with Crippen molar-refractivity contribution in [3.8, 4) is 0 Å². The average Bonchev–Trinajstić information content (AvgIpc) is 2.56. The monoisotopic (exact) mass is 193 g/mol. The molecule has 0 radical (unpaired) electrons. The molecule has 0 bridgehead atoms. The predicted molar refractivity (Wildman–Crippen MR) is 57.1 cm³/mol. The lowest BCUT2D eigenvalue weighted by atomic mass is 10.2. The third kappa shape index (κ3) is 1.97. The number of benzene rings is 1. The highest BCUT2D eigenvalue weighted by molar-refractivity contribution is 5.51. The Balaban J connectivity index is 2.00. The number of nitrogens with two attached hydrogens (primary N) is 1. The molecular formula is C10H15N3O. The first-order valence-electron chi connectivity index (χ1n) is 4.76. The second-order valence-electron chi connectivity index (χ2n) is 3.60. The molecule has 2 atom stereocenters. The van der Waals surface area contributed by atoms with E-state index in [2.05, 4.69) is 10.6 Å². The van der Waals surface area contributed by atoms with Gasteiger partial charge < -0.3 is 21.5 Å². The van der Waals surface area contributed by atoms with Crippen molar-refractivity contribution in [3.05, 3.63) is 24.3 Å². The molecule has 1 aliphatic rings. The summed E-state index contributed by atoms with van der Waals surface area (Å²) < 4.78 is 0. The molecule has 2 rings (SSSR count). The van der Waals surface area contributed by atoms with Crippen molar-refractivity contribution in [3.63, 3.8) is 0 Å². The van der Waals surface area contributed by atoms with Crippen LogP contribution in [0.15, 0.2) is 24.3 Å². The van der Waals surface area contributed by atoms with Crippen LogP contribution in [0.1, 0.15) is 0 Å². The average molecular weight is 193 g/mol. The summed E-state index contributed by atoms with van der Waals surface area (Å²) in [5.74, 6) is 0. The van der Waals surface area contributed by atoms with Crippen LogP contribution >= 0.6 is 0 Å². The first-order chi connectivity index (χ1) is 6.75. The number of hydrogen-bond acceptors (Lipinski definition) is 4. The summed E-state index contributed by atoms with van der Waals surface area (Å²) in [5.41, 5.74) is 7.32. The fraction of sp³-hybridized carbons (Fsp3) is 0.400. The molecule has 0 spiro atoms. The highest BCUT2D eigenvalue weighted by Gasteiger charge is 2.24. The molecule has 1 saturated heterocycles. The van der Waals surface area contributed by atoms with Gasteiger partial charge in [-0.05, 0) is 24.3 Å². The molecule has 0 aromatic heterocycles. The van der Waals surface area contributed by atoms with Crippen molar-refractivity contribution in [2.75, 3.05) is 24.1 Å². The van der Waals surface area contributed by atoms with E-state index in [9.17, 15) is 5.11 Å². The summed E-state index contributed by atoms with van der Waals surface area (Å²) in [4.78, 5) is 0. The Morgan fingerprint density at radius 1 is 1.29 bits per heavy atom. The van der Waals surface area contributed by atoms with Gasteiger partial charge in [0, 0.05) is 24.5 Å². The van der Waals surface area contributed by atoms with Crippen molar-refractivity contribution < 1.29 is 5.11 Å². The molecule has 4 heteroatoms. The van der Waals surface area contributed by atoms with Gasteiger partial charge in [0.05, 0.1) is 12.1 Å². The third-order valence-corrected chi connectivity index (χ3v) is 2.44. The van der Waals surface area contributed by atoms with Crippen LogP contribution in [0, 0.1) is 0 Å². The molecule has 1 aliphatic heterocycles. The van der Waals surface area contributed by atoms with Crippen LogP contribution in [0.25, 0.3) is 0 Å². The van der Waals surface area contributed by atoms with Crippen molar-refractivity contribution in [1.82, 2.24) is 5.32 Å². The normalized spacial score (nSPS) is 26.4. The number of anilines is 2. The lowest BCUT2D eigenvalue weighted by Crippen LogP contribution is -2.31. The molecule has 1 fully saturated rings. The molecule has 4 nitrogen and oxygen atoms in total. The molecule has 1 heterocycles. The molecule has 1 aromatic rings. The number of hydrogen-bond donors (Lipinski definition) is 4. The zero-order chi connectivity index (χ0) is 9.97. The number of nitrogen functional groups attached to an aromatic ring is 1. The number of aliphatic hydroxyl groups is 1. The maximum absolute atomic E-state index is 9.56. The topological polar surface area (TPSA) is 70.3 Å². The molecule has 2 unspecified atom stereocenters. The standard InChI is InChI=1S/C10H15N3O/c11-7-1-3-8(4-2-7)13-9-5-12-6-10(9)14/h1-4,9-10,12-14H,5-6,11H2. The second kappa shape index (κ2) is 3.86. The van der Waals surface area contributed by atoms with Gasteiger partial charge in [0.15, 0.2) is 0 Å². The Bertz CT molecular complexity index is 299. The molecule has 1 aromatic carbocycles. The van der Waals surface area contributed by atoms with Gasteiger partial charge in [-0.3, -0.25) is 0 Å². The van der Waals surface area contributed by atoms with Gasteiger partial charge in [-0.1, -0.05) is 0 Å². The lowest BCUT2D eigenvalue weighted by Gasteiger charge is -2.16. The minimum atomic E-state index is -0.312. The lowest BCUT2D eigenvalue weighted by molar-refractivity contribution is 0.185. The van der Waals surface area contributed by atoms with E-state index in [1.807, 2.05) is 24.3 Å². The maximum Gasteiger partial charge on any atom is 0.0877 e. The van der Waals surface area contributed by atoms with E-state index in [0.29, 0.717) is 6.54 Å². The Morgan fingerprint density at radius 3 is 2.57 bits per heavy atom. The van der Waals surface area contributed by atoms with Crippen LogP contribution < -0.4 is 16.4 Å². The Hall–Kier alpha value is -1.26. The summed E-state index contributed by atoms with van der Waals surface area (Å²) >= 11 is 0. The number of β-amino-alcohol motifs (C(OH)–C–C–N with tert-alkyl or cyclic N) is 1. The fourth-order valence-electron chi connectivity index (χ4n) is 1.61. The largest absolute Gasteiger partial charge is 0.399 e. The zero-order valence-electron chi connectivity index (χ0n) is 7.90. The highest BCUT2D eigenvalue weighted by Crippen LogP contribution is 2.13. The van der Waals surface area contributed by atoms with E-state index in [-0.39, 0.29) is 12.1 Å². The fourth-order valence-corrected chi connectivity index (χ4v) is 1.61. The molecule has 5 N–H and O–H groups in total. The molecular weight excluding hydrogens is 178 g/mol. The minimum absolute atomic E-state index is 0.0959. The number of aliphatic hydroxyl groups excluding tert-OH is 1. The van der Waals surface area contributed by atoms with Crippen molar-refractivity contribution in [1.29, 1.82) is 0 Å². The van der Waals surface area contributed by atoms with Gasteiger partial charge in [0.25, 0.3) is 0 Å². The van der Waals surface area contributed by atoms with E-state index in [0.717, 1.165) is 17.9 Å². The van der Waals surface area contributed by atoms with Gasteiger partial charge in [0.2, 0.25) is 0 Å². The van der Waals surface area contributed by atoms with Crippen LogP contribution in [-0.4, -0.2) is 30.3 Å². The van der Waals surface area contributed by atoms with E-state index in [4.69, 9.17) is 5.73 Å². The van der Waals surface area contributed by atoms with E-state index < -0.39 is 0 Å². The van der Waals surface area contributed by atoms with E-state index in [1.54, 1.807) is 0 Å². The smallest absolute Gasteiger partial charge is 0.0877 e. The molecule has 14 heavy (non-hydrogen) atoms. The van der Waals surface area contributed by atoms with Crippen LogP contribution in [0.2, 0.25) is 0 Å². The Labute approximate surface area is 83.1 Å². The third-order valence-electron chi connectivity index (χ3n) is 2.44. The number of nitrogens with one attached hydrogen (secondary N) is 2. The SMILES string of the molecule is Nc1ccc(NC2CNCC2O)cc1. The van der Waals surface area contributed by atoms with E-state index in [1.165, 1.54) is 0 Å². The quantitative estimate of drug-likeness (QED) is 0.499. The summed E-state index contributed by atoms with van der Waals surface area (Å²) in [6.45, 7) is 1.46.